The van der Waals surface area contributed by atoms with Crippen LogP contribution in [-0.2, 0) is 16.0 Å². The summed E-state index contributed by atoms with van der Waals surface area (Å²) in [5.74, 6) is -0.438. The first-order chi connectivity index (χ1) is 10.0. The number of hydrogen-bond donors (Lipinski definition) is 1. The smallest absolute Gasteiger partial charge is 0.246 e. The van der Waals surface area contributed by atoms with E-state index < -0.39 is 18.8 Å². The first-order valence-corrected chi connectivity index (χ1v) is 7.25. The summed E-state index contributed by atoms with van der Waals surface area (Å²) in [4.78, 5) is 26.2. The Morgan fingerprint density at radius 2 is 1.90 bits per heavy atom. The molecule has 2 unspecified atom stereocenters. The third-order valence-corrected chi connectivity index (χ3v) is 3.74. The van der Waals surface area contributed by atoms with Gasteiger partial charge in [0.05, 0.1) is 0 Å². The Morgan fingerprint density at radius 1 is 1.24 bits per heavy atom. The van der Waals surface area contributed by atoms with Gasteiger partial charge in [-0.1, -0.05) is 44.2 Å². The minimum absolute atomic E-state index is 0.0274. The lowest BCUT2D eigenvalue weighted by Crippen LogP contribution is -2.65. The van der Waals surface area contributed by atoms with E-state index in [0.29, 0.717) is 6.42 Å². The number of hydrogen-bond acceptors (Lipinski definition) is 2. The Kier molecular flexibility index (Phi) is 4.94. The quantitative estimate of drug-likeness (QED) is 0.895. The normalized spacial score (nSPS) is 22.6. The minimum Gasteiger partial charge on any atom is -0.342 e. The Morgan fingerprint density at radius 3 is 2.48 bits per heavy atom. The summed E-state index contributed by atoms with van der Waals surface area (Å²) in [5.41, 5.74) is 0.972. The number of alkyl halides is 1. The number of benzene rings is 1. The van der Waals surface area contributed by atoms with Crippen molar-refractivity contribution in [1.82, 2.24) is 10.2 Å². The molecule has 1 aliphatic heterocycles. The van der Waals surface area contributed by atoms with Gasteiger partial charge in [-0.05, 0) is 11.5 Å². The molecule has 4 nitrogen and oxygen atoms in total. The second kappa shape index (κ2) is 6.70. The molecule has 0 radical (unpaired) electrons. The van der Waals surface area contributed by atoms with Crippen LogP contribution in [0.2, 0.25) is 0 Å². The van der Waals surface area contributed by atoms with Crippen LogP contribution in [0.25, 0.3) is 0 Å². The molecule has 1 aromatic carbocycles. The topological polar surface area (TPSA) is 49.4 Å². The van der Waals surface area contributed by atoms with Crippen molar-refractivity contribution in [2.24, 2.45) is 5.92 Å². The lowest BCUT2D eigenvalue weighted by atomic mass is 9.94. The number of halogens is 1. The molecule has 1 aliphatic rings. The van der Waals surface area contributed by atoms with Crippen molar-refractivity contribution >= 4 is 11.8 Å². The molecule has 1 N–H and O–H groups in total. The molecule has 1 heterocycles. The fourth-order valence-corrected chi connectivity index (χ4v) is 2.79. The monoisotopic (exact) mass is 292 g/mol. The second-order valence-electron chi connectivity index (χ2n) is 5.66. The fraction of sp³-hybridized carbons (Fsp3) is 0.500. The van der Waals surface area contributed by atoms with Gasteiger partial charge in [-0.25, -0.2) is 4.39 Å². The summed E-state index contributed by atoms with van der Waals surface area (Å²) < 4.78 is 12.7. The third kappa shape index (κ3) is 3.40. The fourth-order valence-electron chi connectivity index (χ4n) is 2.79. The molecule has 0 bridgehead atoms. The van der Waals surface area contributed by atoms with Gasteiger partial charge in [-0.3, -0.25) is 9.59 Å². The molecule has 114 valence electrons. The molecule has 2 atom stereocenters. The predicted molar refractivity (Wildman–Crippen MR) is 78.4 cm³/mol. The van der Waals surface area contributed by atoms with E-state index in [1.807, 2.05) is 44.2 Å². The summed E-state index contributed by atoms with van der Waals surface area (Å²) in [6, 6.07) is 8.30. The van der Waals surface area contributed by atoms with Crippen LogP contribution < -0.4 is 5.32 Å². The van der Waals surface area contributed by atoms with Crippen LogP contribution in [-0.4, -0.2) is 42.0 Å². The molecular weight excluding hydrogens is 271 g/mol. The Bertz CT molecular complexity index is 504. The lowest BCUT2D eigenvalue weighted by Gasteiger charge is -2.40. The van der Waals surface area contributed by atoms with Gasteiger partial charge in [0.1, 0.15) is 18.8 Å². The highest BCUT2D eigenvalue weighted by atomic mass is 19.1. The molecule has 1 saturated heterocycles. The number of amides is 2. The zero-order valence-electron chi connectivity index (χ0n) is 12.4. The maximum absolute atomic E-state index is 12.7. The molecule has 0 aliphatic carbocycles. The van der Waals surface area contributed by atoms with Crippen molar-refractivity contribution in [3.63, 3.8) is 0 Å². The van der Waals surface area contributed by atoms with E-state index in [-0.39, 0.29) is 24.3 Å². The zero-order valence-corrected chi connectivity index (χ0v) is 12.4. The number of carbonyl (C=O) groups excluding carboxylic acids is 2. The summed E-state index contributed by atoms with van der Waals surface area (Å²) >= 11 is 0. The van der Waals surface area contributed by atoms with Crippen LogP contribution >= 0.6 is 0 Å². The predicted octanol–water partition coefficient (Wildman–Crippen LogP) is 1.55. The standard InChI is InChI=1S/C16H21FN2O2/c1-11(2)14-15(20)18-13(16(21)19(14)9-8-17)10-12-6-4-3-5-7-12/h3-7,11,13-14H,8-10H2,1-2H3,(H,18,20). The van der Waals surface area contributed by atoms with Gasteiger partial charge in [0.2, 0.25) is 11.8 Å². The van der Waals surface area contributed by atoms with Crippen LogP contribution in [0.5, 0.6) is 0 Å². The van der Waals surface area contributed by atoms with Gasteiger partial charge in [-0.15, -0.1) is 0 Å². The van der Waals surface area contributed by atoms with Crippen LogP contribution in [0.15, 0.2) is 30.3 Å². The minimum atomic E-state index is -0.639. The molecule has 2 amide bonds. The molecular formula is C16H21FN2O2. The van der Waals surface area contributed by atoms with E-state index in [4.69, 9.17) is 0 Å². The second-order valence-corrected chi connectivity index (χ2v) is 5.66. The van der Waals surface area contributed by atoms with Crippen molar-refractivity contribution in [2.75, 3.05) is 13.2 Å². The number of piperazine rings is 1. The zero-order chi connectivity index (χ0) is 15.4. The highest BCUT2D eigenvalue weighted by Crippen LogP contribution is 2.19. The van der Waals surface area contributed by atoms with E-state index in [0.717, 1.165) is 5.56 Å². The third-order valence-electron chi connectivity index (χ3n) is 3.74. The highest BCUT2D eigenvalue weighted by Gasteiger charge is 2.41. The van der Waals surface area contributed by atoms with E-state index in [1.165, 1.54) is 4.90 Å². The van der Waals surface area contributed by atoms with Crippen molar-refractivity contribution in [3.8, 4) is 0 Å². The van der Waals surface area contributed by atoms with E-state index in [2.05, 4.69) is 5.32 Å². The summed E-state index contributed by atoms with van der Waals surface area (Å²) in [5, 5.41) is 2.78. The van der Waals surface area contributed by atoms with Crippen LogP contribution in [0.3, 0.4) is 0 Å². The molecule has 21 heavy (non-hydrogen) atoms. The Labute approximate surface area is 124 Å². The van der Waals surface area contributed by atoms with Crippen molar-refractivity contribution < 1.29 is 14.0 Å². The van der Waals surface area contributed by atoms with Crippen LogP contribution in [0.1, 0.15) is 19.4 Å². The lowest BCUT2D eigenvalue weighted by molar-refractivity contribution is -0.151. The first-order valence-electron chi connectivity index (χ1n) is 7.25. The largest absolute Gasteiger partial charge is 0.342 e. The van der Waals surface area contributed by atoms with Crippen molar-refractivity contribution in [3.05, 3.63) is 35.9 Å². The van der Waals surface area contributed by atoms with Crippen LogP contribution in [0, 0.1) is 5.92 Å². The van der Waals surface area contributed by atoms with Gasteiger partial charge in [-0.2, -0.15) is 0 Å². The van der Waals surface area contributed by atoms with Gasteiger partial charge < -0.3 is 10.2 Å². The van der Waals surface area contributed by atoms with E-state index in [9.17, 15) is 14.0 Å². The first kappa shape index (κ1) is 15.5. The van der Waals surface area contributed by atoms with Crippen molar-refractivity contribution in [2.45, 2.75) is 32.4 Å². The number of rotatable bonds is 5. The molecule has 1 aromatic rings. The summed E-state index contributed by atoms with van der Waals surface area (Å²) in [6.07, 6.45) is 0.430. The molecule has 5 heteroatoms. The SMILES string of the molecule is CC(C)C1C(=O)NC(Cc2ccccc2)C(=O)N1CCF. The molecule has 0 spiro atoms. The highest BCUT2D eigenvalue weighted by molar-refractivity contribution is 5.97. The maximum Gasteiger partial charge on any atom is 0.246 e. The average Bonchev–Trinajstić information content (AvgIpc) is 2.45. The number of nitrogens with zero attached hydrogens (tertiary/aromatic N) is 1. The van der Waals surface area contributed by atoms with E-state index >= 15 is 0 Å². The van der Waals surface area contributed by atoms with Crippen LogP contribution in [0.4, 0.5) is 4.39 Å². The van der Waals surface area contributed by atoms with Gasteiger partial charge in [0.15, 0.2) is 0 Å². The Hall–Kier alpha value is -1.91. The van der Waals surface area contributed by atoms with E-state index in [1.54, 1.807) is 0 Å². The molecule has 1 fully saturated rings. The molecule has 0 aromatic heterocycles. The molecule has 2 rings (SSSR count). The number of carbonyl (C=O) groups is 2. The van der Waals surface area contributed by atoms with Gasteiger partial charge in [0, 0.05) is 13.0 Å². The summed E-state index contributed by atoms with van der Waals surface area (Å²) in [6.45, 7) is 3.06. The Balaban J connectivity index is 2.18. The number of nitrogens with one attached hydrogen (secondary N) is 1. The average molecular weight is 292 g/mol. The van der Waals surface area contributed by atoms with Gasteiger partial charge >= 0.3 is 0 Å². The molecule has 0 saturated carbocycles. The summed E-state index contributed by atoms with van der Waals surface area (Å²) in [7, 11) is 0. The van der Waals surface area contributed by atoms with Gasteiger partial charge in [0.25, 0.3) is 0 Å². The van der Waals surface area contributed by atoms with Crippen molar-refractivity contribution in [1.29, 1.82) is 0 Å². The maximum atomic E-state index is 12.7.